The molecule has 0 amide bonds. The number of benzene rings is 1. The van der Waals surface area contributed by atoms with Crippen molar-refractivity contribution in [3.8, 4) is 6.07 Å². The molecule has 0 unspecified atom stereocenters. The van der Waals surface area contributed by atoms with Crippen LogP contribution in [0.5, 0.6) is 0 Å². The predicted molar refractivity (Wildman–Crippen MR) is 182 cm³/mol. The predicted octanol–water partition coefficient (Wildman–Crippen LogP) is 5.58. The summed E-state index contributed by atoms with van der Waals surface area (Å²) >= 11 is 0. The monoisotopic (exact) mass is 696 g/mol. The molecule has 0 aromatic heterocycles. The summed E-state index contributed by atoms with van der Waals surface area (Å²) < 4.78 is 30.7. The standard InChI is InChI=1S/C38H52N2O10/c1-35(2,3)31(42)46-21-26-27(48-32(43)36(4,5)6)28(49-33(44)37(7,8)9)29(50-34(45)38(10,11)12)30(47-26)40-18-17-24(41)19-25(40)23-15-13-22(20-39)14-16-23/h13-18,25-30H,19,21H2,1-12H3/t25-,26+,27-,28-,29+,30+/m0/s1. The largest absolute Gasteiger partial charge is 0.462 e. The number of esters is 4. The van der Waals surface area contributed by atoms with Gasteiger partial charge in [-0.05, 0) is 107 Å². The maximum Gasteiger partial charge on any atom is 0.311 e. The Bertz CT molecular complexity index is 1510. The van der Waals surface area contributed by atoms with E-state index in [-0.39, 0.29) is 12.2 Å². The van der Waals surface area contributed by atoms with E-state index in [4.69, 9.17) is 23.7 Å². The molecule has 1 saturated heterocycles. The lowest BCUT2D eigenvalue weighted by atomic mass is 9.90. The molecular formula is C38H52N2O10. The van der Waals surface area contributed by atoms with Crippen molar-refractivity contribution < 1.29 is 47.7 Å². The van der Waals surface area contributed by atoms with Crippen molar-refractivity contribution in [2.24, 2.45) is 21.7 Å². The summed E-state index contributed by atoms with van der Waals surface area (Å²) in [4.78, 5) is 68.3. The molecule has 2 aliphatic rings. The third kappa shape index (κ3) is 9.93. The van der Waals surface area contributed by atoms with E-state index < -0.39 is 88.8 Å². The number of ether oxygens (including phenoxy) is 5. The Balaban J connectivity index is 2.29. The lowest BCUT2D eigenvalue weighted by Gasteiger charge is -2.50. The van der Waals surface area contributed by atoms with Crippen LogP contribution in [0.3, 0.4) is 0 Å². The van der Waals surface area contributed by atoms with Gasteiger partial charge >= 0.3 is 23.9 Å². The topological polar surface area (TPSA) is 159 Å². The number of hydrogen-bond acceptors (Lipinski definition) is 12. The molecule has 2 aliphatic heterocycles. The molecule has 3 rings (SSSR count). The van der Waals surface area contributed by atoms with Gasteiger partial charge in [0.2, 0.25) is 0 Å². The fourth-order valence-electron chi connectivity index (χ4n) is 4.92. The molecule has 0 saturated carbocycles. The second kappa shape index (κ2) is 14.9. The highest BCUT2D eigenvalue weighted by Gasteiger charge is 2.56. The van der Waals surface area contributed by atoms with Gasteiger partial charge in [-0.2, -0.15) is 5.26 Å². The van der Waals surface area contributed by atoms with Crippen molar-refractivity contribution in [2.75, 3.05) is 6.61 Å². The first kappa shape index (κ1) is 40.2. The van der Waals surface area contributed by atoms with Crippen LogP contribution in [0, 0.1) is 33.0 Å². The highest BCUT2D eigenvalue weighted by atomic mass is 16.7. The lowest BCUT2D eigenvalue weighted by molar-refractivity contribution is -0.283. The molecule has 0 aliphatic carbocycles. The van der Waals surface area contributed by atoms with Crippen molar-refractivity contribution >= 4 is 29.7 Å². The summed E-state index contributed by atoms with van der Waals surface area (Å²) in [5, 5.41) is 9.38. The molecule has 1 fully saturated rings. The van der Waals surface area contributed by atoms with Crippen LogP contribution in [0.15, 0.2) is 36.5 Å². The smallest absolute Gasteiger partial charge is 0.311 e. The van der Waals surface area contributed by atoms with Gasteiger partial charge in [0.15, 0.2) is 30.3 Å². The van der Waals surface area contributed by atoms with Crippen molar-refractivity contribution in [3.63, 3.8) is 0 Å². The fourth-order valence-corrected chi connectivity index (χ4v) is 4.92. The Labute approximate surface area is 295 Å². The molecule has 50 heavy (non-hydrogen) atoms. The number of nitrogens with zero attached hydrogens (tertiary/aromatic N) is 2. The van der Waals surface area contributed by atoms with Crippen LogP contribution in [-0.4, -0.2) is 71.8 Å². The first-order valence-corrected chi connectivity index (χ1v) is 16.8. The van der Waals surface area contributed by atoms with E-state index in [1.54, 1.807) is 112 Å². The van der Waals surface area contributed by atoms with E-state index in [1.165, 1.54) is 12.3 Å². The minimum Gasteiger partial charge on any atom is -0.462 e. The van der Waals surface area contributed by atoms with E-state index in [9.17, 15) is 29.2 Å². The number of carbonyl (C=O) groups is 5. The molecule has 0 spiro atoms. The first-order valence-electron chi connectivity index (χ1n) is 16.8. The summed E-state index contributed by atoms with van der Waals surface area (Å²) in [6, 6.07) is 8.09. The third-order valence-electron chi connectivity index (χ3n) is 8.07. The zero-order valence-corrected chi connectivity index (χ0v) is 31.3. The summed E-state index contributed by atoms with van der Waals surface area (Å²) in [5.74, 6) is -2.72. The van der Waals surface area contributed by atoms with Crippen LogP contribution >= 0.6 is 0 Å². The molecular weight excluding hydrogens is 644 g/mol. The van der Waals surface area contributed by atoms with Crippen LogP contribution in [-0.2, 0) is 47.7 Å². The molecule has 0 N–H and O–H groups in total. The zero-order valence-electron chi connectivity index (χ0n) is 31.3. The molecule has 12 nitrogen and oxygen atoms in total. The van der Waals surface area contributed by atoms with Gasteiger partial charge in [0.05, 0.1) is 39.3 Å². The second-order valence-electron chi connectivity index (χ2n) is 17.0. The number of carbonyl (C=O) groups excluding carboxylic acids is 5. The van der Waals surface area contributed by atoms with Crippen LogP contribution in [0.25, 0.3) is 0 Å². The average Bonchev–Trinajstić information content (AvgIpc) is 2.99. The van der Waals surface area contributed by atoms with Gasteiger partial charge in [0.25, 0.3) is 0 Å². The minimum atomic E-state index is -1.44. The Morgan fingerprint density at radius 3 is 1.66 bits per heavy atom. The van der Waals surface area contributed by atoms with Crippen molar-refractivity contribution in [1.82, 2.24) is 4.90 Å². The van der Waals surface area contributed by atoms with Gasteiger partial charge in [-0.15, -0.1) is 0 Å². The summed E-state index contributed by atoms with van der Waals surface area (Å²) in [5.41, 5.74) is -2.85. The zero-order chi connectivity index (χ0) is 38.0. The highest BCUT2D eigenvalue weighted by molar-refractivity contribution is 5.91. The molecule has 6 atom stereocenters. The molecule has 0 radical (unpaired) electrons. The van der Waals surface area contributed by atoms with E-state index in [0.717, 1.165) is 0 Å². The molecule has 0 bridgehead atoms. The highest BCUT2D eigenvalue weighted by Crippen LogP contribution is 2.40. The van der Waals surface area contributed by atoms with Crippen LogP contribution in [0.1, 0.15) is 107 Å². The van der Waals surface area contributed by atoms with E-state index >= 15 is 0 Å². The van der Waals surface area contributed by atoms with Gasteiger partial charge in [0, 0.05) is 12.6 Å². The first-order chi connectivity index (χ1) is 22.8. The van der Waals surface area contributed by atoms with Gasteiger partial charge in [-0.1, -0.05) is 12.1 Å². The molecule has 12 heteroatoms. The third-order valence-corrected chi connectivity index (χ3v) is 8.07. The van der Waals surface area contributed by atoms with Crippen molar-refractivity contribution in [1.29, 1.82) is 5.26 Å². The molecule has 1 aromatic rings. The number of nitriles is 1. The number of ketones is 1. The van der Waals surface area contributed by atoms with E-state index in [0.29, 0.717) is 11.1 Å². The summed E-state index contributed by atoms with van der Waals surface area (Å²) in [6.07, 6.45) is -3.82. The maximum absolute atomic E-state index is 13.6. The van der Waals surface area contributed by atoms with E-state index in [2.05, 4.69) is 6.07 Å². The number of hydrogen-bond donors (Lipinski definition) is 0. The van der Waals surface area contributed by atoms with Crippen LogP contribution < -0.4 is 0 Å². The summed E-state index contributed by atoms with van der Waals surface area (Å²) in [6.45, 7) is 19.6. The quantitative estimate of drug-likeness (QED) is 0.258. The molecule has 1 aromatic carbocycles. The Kier molecular flexibility index (Phi) is 12.0. The van der Waals surface area contributed by atoms with Crippen molar-refractivity contribution in [2.45, 2.75) is 126 Å². The maximum atomic E-state index is 13.6. The normalized spacial score (nSPS) is 24.5. The van der Waals surface area contributed by atoms with Gasteiger partial charge < -0.3 is 28.6 Å². The number of allylic oxidation sites excluding steroid dienone is 1. The van der Waals surface area contributed by atoms with Gasteiger partial charge in [-0.25, -0.2) is 0 Å². The van der Waals surface area contributed by atoms with Crippen LogP contribution in [0.4, 0.5) is 0 Å². The number of rotatable bonds is 7. The van der Waals surface area contributed by atoms with Crippen LogP contribution in [0.2, 0.25) is 0 Å². The fraction of sp³-hybridized carbons (Fsp3) is 0.632. The Morgan fingerprint density at radius 2 is 1.20 bits per heavy atom. The van der Waals surface area contributed by atoms with Crippen molar-refractivity contribution in [3.05, 3.63) is 47.7 Å². The molecule has 2 heterocycles. The van der Waals surface area contributed by atoms with Gasteiger partial charge in [0.1, 0.15) is 12.7 Å². The average molecular weight is 697 g/mol. The van der Waals surface area contributed by atoms with Gasteiger partial charge in [-0.3, -0.25) is 24.0 Å². The summed E-state index contributed by atoms with van der Waals surface area (Å²) in [7, 11) is 0. The molecule has 274 valence electrons. The SMILES string of the molecule is CC(C)(C)C(=O)OC[C@H]1O[C@@H](N2C=CC(=O)C[C@H]2c2ccc(C#N)cc2)[C@H](OC(=O)C(C)(C)C)[C@@H](OC(=O)C(C)(C)C)[C@H]1OC(=O)C(C)(C)C. The van der Waals surface area contributed by atoms with E-state index in [1.807, 2.05) is 0 Å². The Morgan fingerprint density at radius 1 is 0.740 bits per heavy atom. The Hall–Kier alpha value is -4.24. The lowest BCUT2D eigenvalue weighted by Crippen LogP contribution is -2.67. The second-order valence-corrected chi connectivity index (χ2v) is 17.0. The minimum absolute atomic E-state index is 0.000752.